The Balaban J connectivity index is 1.75. The van der Waals surface area contributed by atoms with Crippen LogP contribution in [0.1, 0.15) is 33.3 Å². The number of aromatic amines is 1. The lowest BCUT2D eigenvalue weighted by molar-refractivity contribution is 0.0953. The summed E-state index contributed by atoms with van der Waals surface area (Å²) >= 11 is 0. The molecule has 0 saturated heterocycles. The second kappa shape index (κ2) is 6.44. The van der Waals surface area contributed by atoms with Gasteiger partial charge >= 0.3 is 0 Å². The number of nitrogens with zero attached hydrogens (tertiary/aromatic N) is 1. The number of H-pyrrole nitrogens is 1. The van der Waals surface area contributed by atoms with Crippen LogP contribution in [0.2, 0.25) is 0 Å². The molecule has 1 amide bonds. The minimum atomic E-state index is -0.165. The Kier molecular flexibility index (Phi) is 4.19. The molecule has 5 heteroatoms. The molecule has 23 heavy (non-hydrogen) atoms. The number of hydrogen-bond acceptors (Lipinski definition) is 3. The number of nitrogens with one attached hydrogen (secondary N) is 2. The van der Waals surface area contributed by atoms with Gasteiger partial charge < -0.3 is 10.3 Å². The number of amides is 1. The maximum atomic E-state index is 12.0. The molecule has 2 N–H and O–H groups in total. The fraction of sp³-hybridized carbons (Fsp3) is 0.167. The van der Waals surface area contributed by atoms with E-state index in [0.717, 1.165) is 16.5 Å². The number of hydrogen-bond donors (Lipinski definition) is 2. The van der Waals surface area contributed by atoms with Gasteiger partial charge in [0.25, 0.3) is 5.91 Å². The first-order chi connectivity index (χ1) is 11.2. The number of fused-ring (bicyclic) bond motifs is 1. The van der Waals surface area contributed by atoms with E-state index < -0.39 is 0 Å². The summed E-state index contributed by atoms with van der Waals surface area (Å²) in [5.74, 6) is -0.169. The number of pyridine rings is 1. The van der Waals surface area contributed by atoms with E-state index in [-0.39, 0.29) is 11.7 Å². The van der Waals surface area contributed by atoms with Crippen LogP contribution in [-0.2, 0) is 6.42 Å². The Morgan fingerprint density at radius 2 is 2.00 bits per heavy atom. The fourth-order valence-electron chi connectivity index (χ4n) is 2.66. The monoisotopic (exact) mass is 307 g/mol. The van der Waals surface area contributed by atoms with Gasteiger partial charge in [-0.15, -0.1) is 0 Å². The van der Waals surface area contributed by atoms with Crippen molar-refractivity contribution in [3.63, 3.8) is 0 Å². The second-order valence-corrected chi connectivity index (χ2v) is 5.33. The predicted octanol–water partition coefficient (Wildman–Crippen LogP) is 2.74. The van der Waals surface area contributed by atoms with Gasteiger partial charge in [0.15, 0.2) is 5.78 Å². The molecular weight excluding hydrogens is 290 g/mol. The average Bonchev–Trinajstić information content (AvgIpc) is 2.95. The van der Waals surface area contributed by atoms with Crippen molar-refractivity contribution in [2.24, 2.45) is 0 Å². The molecule has 5 nitrogen and oxygen atoms in total. The van der Waals surface area contributed by atoms with Gasteiger partial charge in [0.1, 0.15) is 0 Å². The van der Waals surface area contributed by atoms with Gasteiger partial charge in [-0.05, 0) is 30.2 Å². The van der Waals surface area contributed by atoms with Gasteiger partial charge in [-0.2, -0.15) is 0 Å². The summed E-state index contributed by atoms with van der Waals surface area (Å²) in [5.41, 5.74) is 3.02. The molecule has 3 aromatic rings. The van der Waals surface area contributed by atoms with Crippen molar-refractivity contribution in [1.82, 2.24) is 15.3 Å². The first-order valence-corrected chi connectivity index (χ1v) is 7.45. The SMILES string of the molecule is CC(=O)c1[nH]c2ccccc2c1CCNC(=O)c1cccnc1. The molecule has 0 bridgehead atoms. The van der Waals surface area contributed by atoms with Gasteiger partial charge in [0.05, 0.1) is 11.3 Å². The first kappa shape index (κ1) is 15.0. The highest BCUT2D eigenvalue weighted by atomic mass is 16.1. The van der Waals surface area contributed by atoms with Gasteiger partial charge in [0, 0.05) is 36.8 Å². The highest BCUT2D eigenvalue weighted by molar-refractivity contribution is 6.01. The van der Waals surface area contributed by atoms with Crippen molar-refractivity contribution in [3.05, 3.63) is 65.6 Å². The second-order valence-electron chi connectivity index (χ2n) is 5.33. The van der Waals surface area contributed by atoms with Crippen molar-refractivity contribution in [3.8, 4) is 0 Å². The molecule has 0 atom stereocenters. The van der Waals surface area contributed by atoms with Gasteiger partial charge in [-0.1, -0.05) is 18.2 Å². The molecule has 0 aliphatic carbocycles. The van der Waals surface area contributed by atoms with Crippen molar-refractivity contribution in [1.29, 1.82) is 0 Å². The van der Waals surface area contributed by atoms with Crippen LogP contribution in [0.5, 0.6) is 0 Å². The van der Waals surface area contributed by atoms with Gasteiger partial charge in [-0.25, -0.2) is 0 Å². The van der Waals surface area contributed by atoms with Crippen LogP contribution >= 0.6 is 0 Å². The number of para-hydroxylation sites is 1. The summed E-state index contributed by atoms with van der Waals surface area (Å²) in [6, 6.07) is 11.2. The molecule has 1 aromatic carbocycles. The van der Waals surface area contributed by atoms with Crippen LogP contribution in [0, 0.1) is 0 Å². The molecular formula is C18H17N3O2. The fourth-order valence-corrected chi connectivity index (χ4v) is 2.66. The van der Waals surface area contributed by atoms with Crippen LogP contribution in [0.15, 0.2) is 48.8 Å². The van der Waals surface area contributed by atoms with Crippen molar-refractivity contribution < 1.29 is 9.59 Å². The molecule has 0 saturated carbocycles. The molecule has 0 spiro atoms. The van der Waals surface area contributed by atoms with E-state index >= 15 is 0 Å². The molecule has 0 aliphatic rings. The van der Waals surface area contributed by atoms with E-state index in [2.05, 4.69) is 15.3 Å². The number of aromatic nitrogens is 2. The number of benzene rings is 1. The Morgan fingerprint density at radius 1 is 1.17 bits per heavy atom. The van der Waals surface area contributed by atoms with Crippen LogP contribution in [-0.4, -0.2) is 28.2 Å². The van der Waals surface area contributed by atoms with E-state index in [1.807, 2.05) is 24.3 Å². The summed E-state index contributed by atoms with van der Waals surface area (Å²) in [7, 11) is 0. The summed E-state index contributed by atoms with van der Waals surface area (Å²) < 4.78 is 0. The molecule has 0 fully saturated rings. The lowest BCUT2D eigenvalue weighted by atomic mass is 10.1. The Labute approximate surface area is 133 Å². The van der Waals surface area contributed by atoms with Crippen LogP contribution in [0.25, 0.3) is 10.9 Å². The summed E-state index contributed by atoms with van der Waals surface area (Å²) in [4.78, 5) is 30.9. The molecule has 0 aliphatic heterocycles. The molecule has 116 valence electrons. The highest BCUT2D eigenvalue weighted by Crippen LogP contribution is 2.23. The third-order valence-corrected chi connectivity index (χ3v) is 3.75. The Hall–Kier alpha value is -2.95. The number of carbonyl (C=O) groups excluding carboxylic acids is 2. The molecule has 0 unspecified atom stereocenters. The highest BCUT2D eigenvalue weighted by Gasteiger charge is 2.14. The van der Waals surface area contributed by atoms with Crippen molar-refractivity contribution in [2.45, 2.75) is 13.3 Å². The lowest BCUT2D eigenvalue weighted by Gasteiger charge is -2.06. The maximum Gasteiger partial charge on any atom is 0.252 e. The largest absolute Gasteiger partial charge is 0.352 e. The van der Waals surface area contributed by atoms with Gasteiger partial charge in [0.2, 0.25) is 0 Å². The number of ketones is 1. The minimum Gasteiger partial charge on any atom is -0.352 e. The van der Waals surface area contributed by atoms with Crippen LogP contribution < -0.4 is 5.32 Å². The van der Waals surface area contributed by atoms with E-state index in [1.54, 1.807) is 25.3 Å². The van der Waals surface area contributed by atoms with Crippen molar-refractivity contribution in [2.75, 3.05) is 6.54 Å². The number of carbonyl (C=O) groups is 2. The Morgan fingerprint density at radius 3 is 2.74 bits per heavy atom. The molecule has 2 heterocycles. The average molecular weight is 307 g/mol. The van der Waals surface area contributed by atoms with Crippen LogP contribution in [0.3, 0.4) is 0 Å². The molecule has 3 rings (SSSR count). The predicted molar refractivity (Wildman–Crippen MR) is 88.6 cm³/mol. The maximum absolute atomic E-state index is 12.0. The van der Waals surface area contributed by atoms with Gasteiger partial charge in [-0.3, -0.25) is 14.6 Å². The van der Waals surface area contributed by atoms with E-state index in [1.165, 1.54) is 6.20 Å². The van der Waals surface area contributed by atoms with E-state index in [4.69, 9.17) is 0 Å². The normalized spacial score (nSPS) is 10.7. The summed E-state index contributed by atoms with van der Waals surface area (Å²) in [5, 5.41) is 3.89. The topological polar surface area (TPSA) is 74.8 Å². The molecule has 2 aromatic heterocycles. The van der Waals surface area contributed by atoms with E-state index in [9.17, 15) is 9.59 Å². The van der Waals surface area contributed by atoms with Crippen molar-refractivity contribution >= 4 is 22.6 Å². The Bertz CT molecular complexity index is 853. The smallest absolute Gasteiger partial charge is 0.252 e. The number of rotatable bonds is 5. The third kappa shape index (κ3) is 3.13. The lowest BCUT2D eigenvalue weighted by Crippen LogP contribution is -2.26. The minimum absolute atomic E-state index is 0.00483. The summed E-state index contributed by atoms with van der Waals surface area (Å²) in [6.45, 7) is 2.00. The quantitative estimate of drug-likeness (QED) is 0.712. The first-order valence-electron chi connectivity index (χ1n) is 7.45. The zero-order valence-corrected chi connectivity index (χ0v) is 12.8. The summed E-state index contributed by atoms with van der Waals surface area (Å²) in [6.07, 6.45) is 3.74. The number of Topliss-reactive ketones (excluding diaryl/α,β-unsaturated/α-hetero) is 1. The molecule has 0 radical (unpaired) electrons. The zero-order chi connectivity index (χ0) is 16.2. The van der Waals surface area contributed by atoms with E-state index in [0.29, 0.717) is 24.2 Å². The zero-order valence-electron chi connectivity index (χ0n) is 12.8. The third-order valence-electron chi connectivity index (χ3n) is 3.75. The van der Waals surface area contributed by atoms with Crippen LogP contribution in [0.4, 0.5) is 0 Å². The standard InChI is InChI=1S/C18H17N3O2/c1-12(22)17-15(14-6-2-3-7-16(14)21-17)8-10-20-18(23)13-5-4-9-19-11-13/h2-7,9,11,21H,8,10H2,1H3,(H,20,23).